The summed E-state index contributed by atoms with van der Waals surface area (Å²) < 4.78 is 2.19. The van der Waals surface area contributed by atoms with E-state index < -0.39 is 8.96 Å². The largest absolute Gasteiger partial charge is 0.368 e. The van der Waals surface area contributed by atoms with E-state index in [0.717, 1.165) is 0 Å². The molecule has 0 saturated carbocycles. The lowest BCUT2D eigenvalue weighted by molar-refractivity contribution is 1.16. The molecule has 0 amide bonds. The van der Waals surface area contributed by atoms with Gasteiger partial charge < -0.3 is 4.23 Å². The van der Waals surface area contributed by atoms with Gasteiger partial charge in [0.15, 0.2) is 0 Å². The van der Waals surface area contributed by atoms with Crippen LogP contribution in [0.2, 0.25) is 13.1 Å². The Balaban J connectivity index is 2.77. The molecule has 1 heterocycles. The van der Waals surface area contributed by atoms with E-state index in [0.29, 0.717) is 0 Å². The van der Waals surface area contributed by atoms with Crippen LogP contribution in [0.25, 0.3) is 0 Å². The summed E-state index contributed by atoms with van der Waals surface area (Å²) in [6, 6.07) is 0. The number of aromatic nitrogens is 2. The lowest BCUT2D eigenvalue weighted by Crippen LogP contribution is -2.12. The fourth-order valence-corrected chi connectivity index (χ4v) is 1.34. The van der Waals surface area contributed by atoms with Crippen LogP contribution < -0.4 is 0 Å². The minimum atomic E-state index is -0.626. The molecule has 8 heavy (non-hydrogen) atoms. The topological polar surface area (TPSA) is 17.8 Å². The molecule has 44 valence electrons. The average Bonchev–Trinajstić information content (AvgIpc) is 2.12. The van der Waals surface area contributed by atoms with E-state index in [1.54, 1.807) is 0 Å². The highest BCUT2D eigenvalue weighted by Crippen LogP contribution is 1.87. The molecular weight excluding hydrogens is 116 g/mol. The first kappa shape index (κ1) is 5.56. The van der Waals surface area contributed by atoms with Crippen molar-refractivity contribution in [2.24, 2.45) is 0 Å². The van der Waals surface area contributed by atoms with Crippen LogP contribution in [0.5, 0.6) is 0 Å². The van der Waals surface area contributed by atoms with Crippen LogP contribution in [-0.4, -0.2) is 18.2 Å². The van der Waals surface area contributed by atoms with Crippen LogP contribution in [0.15, 0.2) is 18.7 Å². The van der Waals surface area contributed by atoms with Crippen LogP contribution in [0.4, 0.5) is 0 Å². The molecule has 0 saturated heterocycles. The standard InChI is InChI=1S/C5H10N2Si/c1-8(2)7-4-3-6-5-7/h3-5,8H,1-2H3. The summed E-state index contributed by atoms with van der Waals surface area (Å²) in [5.41, 5.74) is 0. The number of rotatable bonds is 1. The maximum Gasteiger partial charge on any atom is 0.140 e. The van der Waals surface area contributed by atoms with Crippen molar-refractivity contribution in [1.29, 1.82) is 0 Å². The molecule has 1 aromatic heterocycles. The first-order valence-corrected chi connectivity index (χ1v) is 5.60. The number of hydrogen-bond donors (Lipinski definition) is 0. The first-order valence-electron chi connectivity index (χ1n) is 2.78. The van der Waals surface area contributed by atoms with Crippen molar-refractivity contribution in [3.05, 3.63) is 18.7 Å². The first-order chi connectivity index (χ1) is 3.80. The van der Waals surface area contributed by atoms with Crippen molar-refractivity contribution in [2.75, 3.05) is 0 Å². The molecule has 0 spiro atoms. The van der Waals surface area contributed by atoms with Gasteiger partial charge in [0.25, 0.3) is 0 Å². The number of nitrogens with zero attached hydrogens (tertiary/aromatic N) is 2. The zero-order valence-corrected chi connectivity index (χ0v) is 6.36. The van der Waals surface area contributed by atoms with Crippen LogP contribution in [0.1, 0.15) is 0 Å². The number of hydrogen-bond acceptors (Lipinski definition) is 1. The second kappa shape index (κ2) is 2.13. The van der Waals surface area contributed by atoms with Crippen LogP contribution >= 0.6 is 0 Å². The van der Waals surface area contributed by atoms with Gasteiger partial charge in [0, 0.05) is 12.4 Å². The predicted octanol–water partition coefficient (Wildman–Crippen LogP) is 0.715. The van der Waals surface area contributed by atoms with Gasteiger partial charge in [-0.1, -0.05) is 13.1 Å². The molecule has 0 fully saturated rings. The maximum absolute atomic E-state index is 3.94. The zero-order valence-electron chi connectivity index (χ0n) is 5.20. The Morgan fingerprint density at radius 3 is 2.50 bits per heavy atom. The van der Waals surface area contributed by atoms with Crippen molar-refractivity contribution < 1.29 is 0 Å². The zero-order chi connectivity index (χ0) is 5.98. The molecule has 0 unspecified atom stereocenters. The molecule has 0 N–H and O–H groups in total. The van der Waals surface area contributed by atoms with Crippen LogP contribution in [0.3, 0.4) is 0 Å². The van der Waals surface area contributed by atoms with Gasteiger partial charge >= 0.3 is 0 Å². The van der Waals surface area contributed by atoms with Gasteiger partial charge in [-0.3, -0.25) is 0 Å². The molecule has 0 aliphatic heterocycles. The van der Waals surface area contributed by atoms with E-state index in [1.165, 1.54) is 0 Å². The minimum Gasteiger partial charge on any atom is -0.368 e. The van der Waals surface area contributed by atoms with Crippen LogP contribution in [-0.2, 0) is 0 Å². The Kier molecular flexibility index (Phi) is 1.48. The molecule has 1 rings (SSSR count). The van der Waals surface area contributed by atoms with Gasteiger partial charge in [-0.05, 0) is 0 Å². The Morgan fingerprint density at radius 1 is 1.50 bits per heavy atom. The third-order valence-electron chi connectivity index (χ3n) is 1.12. The van der Waals surface area contributed by atoms with Gasteiger partial charge in [-0.2, -0.15) is 0 Å². The van der Waals surface area contributed by atoms with E-state index in [1.807, 2.05) is 18.7 Å². The summed E-state index contributed by atoms with van der Waals surface area (Å²) in [6.45, 7) is 4.53. The summed E-state index contributed by atoms with van der Waals surface area (Å²) in [6.07, 6.45) is 5.74. The highest BCUT2D eigenvalue weighted by Gasteiger charge is 1.93. The lowest BCUT2D eigenvalue weighted by Gasteiger charge is -2.00. The minimum absolute atomic E-state index is 0.626. The molecule has 0 aromatic carbocycles. The molecule has 0 atom stereocenters. The summed E-state index contributed by atoms with van der Waals surface area (Å²) in [5.74, 6) is 0. The summed E-state index contributed by atoms with van der Waals surface area (Å²) in [4.78, 5) is 3.94. The molecular formula is C5H10N2Si. The molecule has 0 bridgehead atoms. The third-order valence-corrected chi connectivity index (χ3v) is 2.62. The SMILES string of the molecule is C[SiH](C)n1ccnc1. The van der Waals surface area contributed by atoms with E-state index >= 15 is 0 Å². The summed E-state index contributed by atoms with van der Waals surface area (Å²) in [7, 11) is -0.626. The second-order valence-corrected chi connectivity index (χ2v) is 4.89. The van der Waals surface area contributed by atoms with Crippen LogP contribution in [0, 0.1) is 0 Å². The van der Waals surface area contributed by atoms with Gasteiger partial charge in [0.1, 0.15) is 8.96 Å². The lowest BCUT2D eigenvalue weighted by atomic mass is 11.0. The van der Waals surface area contributed by atoms with Gasteiger partial charge in [0.2, 0.25) is 0 Å². The average molecular weight is 126 g/mol. The van der Waals surface area contributed by atoms with E-state index in [2.05, 4.69) is 22.3 Å². The van der Waals surface area contributed by atoms with E-state index in [9.17, 15) is 0 Å². The highest BCUT2D eigenvalue weighted by molar-refractivity contribution is 6.53. The molecule has 1 aromatic rings. The highest BCUT2D eigenvalue weighted by atomic mass is 28.3. The quantitative estimate of drug-likeness (QED) is 0.507. The smallest absolute Gasteiger partial charge is 0.140 e. The molecule has 0 radical (unpaired) electrons. The normalized spacial score (nSPS) is 10.4. The molecule has 0 aliphatic carbocycles. The Bertz CT molecular complexity index is 145. The van der Waals surface area contributed by atoms with Gasteiger partial charge in [-0.15, -0.1) is 0 Å². The van der Waals surface area contributed by atoms with Gasteiger partial charge in [0.05, 0.1) is 6.33 Å². The Hall–Kier alpha value is -0.573. The second-order valence-electron chi connectivity index (χ2n) is 2.10. The van der Waals surface area contributed by atoms with Crippen molar-refractivity contribution in [3.63, 3.8) is 0 Å². The molecule has 0 aliphatic rings. The number of imidazole rings is 1. The third kappa shape index (κ3) is 0.978. The fourth-order valence-electron chi connectivity index (χ4n) is 0.575. The monoisotopic (exact) mass is 126 g/mol. The summed E-state index contributed by atoms with van der Waals surface area (Å²) >= 11 is 0. The summed E-state index contributed by atoms with van der Waals surface area (Å²) in [5, 5.41) is 0. The maximum atomic E-state index is 3.94. The fraction of sp³-hybridized carbons (Fsp3) is 0.400. The van der Waals surface area contributed by atoms with Crippen molar-refractivity contribution >= 4 is 8.96 Å². The van der Waals surface area contributed by atoms with Crippen molar-refractivity contribution in [1.82, 2.24) is 9.22 Å². The van der Waals surface area contributed by atoms with Gasteiger partial charge in [-0.25, -0.2) is 4.98 Å². The Labute approximate surface area is 50.9 Å². The van der Waals surface area contributed by atoms with Crippen molar-refractivity contribution in [3.8, 4) is 0 Å². The van der Waals surface area contributed by atoms with E-state index in [4.69, 9.17) is 0 Å². The molecule has 2 nitrogen and oxygen atoms in total. The Morgan fingerprint density at radius 2 is 2.25 bits per heavy atom. The molecule has 3 heteroatoms. The van der Waals surface area contributed by atoms with Crippen molar-refractivity contribution in [2.45, 2.75) is 13.1 Å². The van der Waals surface area contributed by atoms with E-state index in [-0.39, 0.29) is 0 Å². The predicted molar refractivity (Wildman–Crippen MR) is 36.5 cm³/mol.